The van der Waals surface area contributed by atoms with Crippen LogP contribution in [0.2, 0.25) is 0 Å². The zero-order valence-corrected chi connectivity index (χ0v) is 23.0. The summed E-state index contributed by atoms with van der Waals surface area (Å²) in [6.07, 6.45) is -5.62. The SMILES string of the molecule is CC(=O)OC[C@@H]1O[C@H](Oc2ccc3c(=O)c(-c4ccc(F)cc4)coc3c2)[C@H](OC(C)=O)[C@@H](OC(C)=O)[C@H]1OC(C)=O. The fraction of sp³-hybridized carbons (Fsp3) is 0.345. The van der Waals surface area contributed by atoms with E-state index in [0.29, 0.717) is 5.56 Å². The first-order valence-electron chi connectivity index (χ1n) is 12.7. The van der Waals surface area contributed by atoms with Gasteiger partial charge in [-0.05, 0) is 29.8 Å². The van der Waals surface area contributed by atoms with Crippen LogP contribution in [0.5, 0.6) is 5.75 Å². The van der Waals surface area contributed by atoms with Gasteiger partial charge in [-0.15, -0.1) is 0 Å². The summed E-state index contributed by atoms with van der Waals surface area (Å²) >= 11 is 0. The van der Waals surface area contributed by atoms with Crippen LogP contribution in [0.4, 0.5) is 4.39 Å². The van der Waals surface area contributed by atoms with Crippen molar-refractivity contribution in [2.45, 2.75) is 58.4 Å². The van der Waals surface area contributed by atoms with Gasteiger partial charge in [-0.1, -0.05) is 12.1 Å². The van der Waals surface area contributed by atoms with Crippen molar-refractivity contribution in [2.24, 2.45) is 0 Å². The zero-order chi connectivity index (χ0) is 30.6. The van der Waals surface area contributed by atoms with Gasteiger partial charge in [0, 0.05) is 33.8 Å². The number of rotatable bonds is 8. The molecule has 2 aromatic carbocycles. The predicted octanol–water partition coefficient (Wildman–Crippen LogP) is 3.06. The second kappa shape index (κ2) is 12.8. The molecular formula is C29H27FO12. The van der Waals surface area contributed by atoms with Crippen LogP contribution in [0.3, 0.4) is 0 Å². The summed E-state index contributed by atoms with van der Waals surface area (Å²) in [6.45, 7) is 4.07. The second-order valence-electron chi connectivity index (χ2n) is 9.33. The number of halogens is 1. The van der Waals surface area contributed by atoms with Gasteiger partial charge in [0.05, 0.1) is 10.9 Å². The Morgan fingerprint density at radius 1 is 0.810 bits per heavy atom. The molecule has 0 N–H and O–H groups in total. The van der Waals surface area contributed by atoms with Gasteiger partial charge < -0.3 is 32.8 Å². The first-order chi connectivity index (χ1) is 19.9. The molecule has 1 aliphatic rings. The van der Waals surface area contributed by atoms with Crippen LogP contribution in [0.25, 0.3) is 22.1 Å². The maximum atomic E-state index is 13.3. The van der Waals surface area contributed by atoms with E-state index in [2.05, 4.69) is 0 Å². The molecule has 0 aliphatic carbocycles. The normalized spacial score (nSPS) is 21.7. The van der Waals surface area contributed by atoms with Crippen molar-refractivity contribution in [2.75, 3.05) is 6.61 Å². The fourth-order valence-electron chi connectivity index (χ4n) is 4.43. The lowest BCUT2D eigenvalue weighted by Crippen LogP contribution is -2.63. The van der Waals surface area contributed by atoms with Gasteiger partial charge in [-0.2, -0.15) is 0 Å². The van der Waals surface area contributed by atoms with Crippen LogP contribution >= 0.6 is 0 Å². The van der Waals surface area contributed by atoms with Gasteiger partial charge in [0.2, 0.25) is 12.4 Å². The minimum absolute atomic E-state index is 0.0982. The number of fused-ring (bicyclic) bond motifs is 1. The lowest BCUT2D eigenvalue weighted by Gasteiger charge is -2.43. The van der Waals surface area contributed by atoms with Crippen molar-refractivity contribution in [3.63, 3.8) is 0 Å². The zero-order valence-electron chi connectivity index (χ0n) is 23.0. The Morgan fingerprint density at radius 2 is 1.43 bits per heavy atom. The van der Waals surface area contributed by atoms with E-state index in [1.165, 1.54) is 48.7 Å². The molecule has 0 unspecified atom stereocenters. The number of carbonyl (C=O) groups is 4. The molecule has 1 aliphatic heterocycles. The van der Waals surface area contributed by atoms with Crippen LogP contribution in [0.15, 0.2) is 57.9 Å². The Morgan fingerprint density at radius 3 is 2.05 bits per heavy atom. The molecule has 5 atom stereocenters. The smallest absolute Gasteiger partial charge is 0.303 e. The molecule has 0 bridgehead atoms. The molecule has 4 rings (SSSR count). The maximum Gasteiger partial charge on any atom is 0.303 e. The monoisotopic (exact) mass is 586 g/mol. The van der Waals surface area contributed by atoms with Gasteiger partial charge >= 0.3 is 23.9 Å². The van der Waals surface area contributed by atoms with Crippen molar-refractivity contribution >= 4 is 34.8 Å². The maximum absolute atomic E-state index is 13.3. The summed E-state index contributed by atoms with van der Waals surface area (Å²) in [5.41, 5.74) is 0.441. The molecule has 222 valence electrons. The van der Waals surface area contributed by atoms with Gasteiger partial charge in [-0.3, -0.25) is 24.0 Å². The topological polar surface area (TPSA) is 154 Å². The van der Waals surface area contributed by atoms with E-state index in [1.807, 2.05) is 0 Å². The number of ether oxygens (including phenoxy) is 6. The highest BCUT2D eigenvalue weighted by molar-refractivity contribution is 5.82. The van der Waals surface area contributed by atoms with E-state index >= 15 is 0 Å². The van der Waals surface area contributed by atoms with Crippen LogP contribution in [0.1, 0.15) is 27.7 Å². The lowest BCUT2D eigenvalue weighted by molar-refractivity contribution is -0.288. The van der Waals surface area contributed by atoms with Crippen LogP contribution < -0.4 is 10.2 Å². The molecule has 1 saturated heterocycles. The number of esters is 4. The van der Waals surface area contributed by atoms with Gasteiger partial charge in [0.25, 0.3) is 0 Å². The molecule has 2 heterocycles. The van der Waals surface area contributed by atoms with E-state index in [4.69, 9.17) is 32.8 Å². The summed E-state index contributed by atoms with van der Waals surface area (Å²) < 4.78 is 52.1. The number of hydrogen-bond donors (Lipinski definition) is 0. The predicted molar refractivity (Wildman–Crippen MR) is 140 cm³/mol. The van der Waals surface area contributed by atoms with Crippen molar-refractivity contribution in [3.05, 3.63) is 64.8 Å². The molecule has 42 heavy (non-hydrogen) atoms. The minimum atomic E-state index is -1.46. The fourth-order valence-corrected chi connectivity index (χ4v) is 4.43. The van der Waals surface area contributed by atoms with E-state index in [0.717, 1.165) is 27.7 Å². The first-order valence-corrected chi connectivity index (χ1v) is 12.7. The Kier molecular flexibility index (Phi) is 9.21. The molecule has 13 heteroatoms. The Bertz CT molecular complexity index is 1550. The van der Waals surface area contributed by atoms with Gasteiger partial charge in [-0.25, -0.2) is 4.39 Å². The average molecular weight is 587 g/mol. The summed E-state index contributed by atoms with van der Waals surface area (Å²) in [6, 6.07) is 9.62. The second-order valence-corrected chi connectivity index (χ2v) is 9.33. The van der Waals surface area contributed by atoms with E-state index < -0.39 is 67.0 Å². The van der Waals surface area contributed by atoms with Gasteiger partial charge in [0.15, 0.2) is 17.6 Å². The third kappa shape index (κ3) is 7.10. The molecule has 0 saturated carbocycles. The lowest BCUT2D eigenvalue weighted by atomic mass is 9.98. The van der Waals surface area contributed by atoms with Crippen LogP contribution in [-0.4, -0.2) is 61.2 Å². The molecule has 0 spiro atoms. The summed E-state index contributed by atoms with van der Waals surface area (Å²) in [4.78, 5) is 60.6. The van der Waals surface area contributed by atoms with Crippen molar-refractivity contribution in [1.82, 2.24) is 0 Å². The number of benzene rings is 2. The molecule has 3 aromatic rings. The summed E-state index contributed by atoms with van der Waals surface area (Å²) in [5, 5.41) is 0.200. The third-order valence-electron chi connectivity index (χ3n) is 6.10. The van der Waals surface area contributed by atoms with Crippen molar-refractivity contribution in [1.29, 1.82) is 0 Å². The van der Waals surface area contributed by atoms with E-state index in [9.17, 15) is 28.4 Å². The standard InChI is InChI=1S/C29H27FO12/c1-14(31)36-13-24-26(38-15(2)32)27(39-16(3)33)28(40-17(4)34)29(42-24)41-20-9-10-21-23(11-20)37-12-22(25(21)35)18-5-7-19(30)8-6-18/h5-12,24,26-29H,13H2,1-4H3/t24-,26-,27-,28+,29-/m0/s1. The molecular weight excluding hydrogens is 559 g/mol. The van der Waals surface area contributed by atoms with Crippen molar-refractivity contribution < 1.29 is 56.4 Å². The largest absolute Gasteiger partial charge is 0.463 e. The highest BCUT2D eigenvalue weighted by atomic mass is 19.1. The number of carbonyl (C=O) groups excluding carboxylic acids is 4. The summed E-state index contributed by atoms with van der Waals surface area (Å²) in [7, 11) is 0. The Balaban J connectivity index is 1.70. The highest BCUT2D eigenvalue weighted by Crippen LogP contribution is 2.32. The molecule has 12 nitrogen and oxygen atoms in total. The van der Waals surface area contributed by atoms with Crippen LogP contribution in [-0.2, 0) is 42.9 Å². The molecule has 1 aromatic heterocycles. The first kappa shape index (κ1) is 30.2. The Hall–Kier alpha value is -4.78. The van der Waals surface area contributed by atoms with Gasteiger partial charge in [0.1, 0.15) is 36.1 Å². The van der Waals surface area contributed by atoms with Crippen LogP contribution in [0, 0.1) is 5.82 Å². The minimum Gasteiger partial charge on any atom is -0.463 e. The third-order valence-corrected chi connectivity index (χ3v) is 6.10. The molecule has 0 radical (unpaired) electrons. The number of hydrogen-bond acceptors (Lipinski definition) is 12. The molecule has 0 amide bonds. The Labute approximate surface area is 238 Å². The quantitative estimate of drug-likeness (QED) is 0.281. The van der Waals surface area contributed by atoms with E-state index in [1.54, 1.807) is 0 Å². The highest BCUT2D eigenvalue weighted by Gasteiger charge is 2.53. The average Bonchev–Trinajstić information content (AvgIpc) is 2.91. The van der Waals surface area contributed by atoms with Crippen molar-refractivity contribution in [3.8, 4) is 16.9 Å². The molecule has 1 fully saturated rings. The van der Waals surface area contributed by atoms with E-state index in [-0.39, 0.29) is 27.7 Å². The summed E-state index contributed by atoms with van der Waals surface area (Å²) in [5.74, 6) is -3.35.